The molecule has 0 atom stereocenters. The van der Waals surface area contributed by atoms with Crippen molar-refractivity contribution in [1.29, 1.82) is 0 Å². The first-order valence-corrected chi connectivity index (χ1v) is 23.1. The van der Waals surface area contributed by atoms with E-state index in [1.807, 2.05) is 0 Å². The first-order valence-electron chi connectivity index (χ1n) is 23.1. The van der Waals surface area contributed by atoms with Crippen molar-refractivity contribution in [2.75, 3.05) is 0 Å². The van der Waals surface area contributed by atoms with Crippen molar-refractivity contribution < 1.29 is 0 Å². The van der Waals surface area contributed by atoms with Gasteiger partial charge in [0.25, 0.3) is 0 Å². The molecule has 0 radical (unpaired) electrons. The van der Waals surface area contributed by atoms with Crippen LogP contribution in [0, 0.1) is 0 Å². The number of nitrogens with zero attached hydrogens (tertiary/aromatic N) is 4. The van der Waals surface area contributed by atoms with E-state index in [4.69, 9.17) is 9.97 Å². The van der Waals surface area contributed by atoms with Crippen molar-refractivity contribution in [3.63, 3.8) is 0 Å². The number of hydrogen-bond acceptors (Lipinski definition) is 2. The van der Waals surface area contributed by atoms with Gasteiger partial charge in [-0.25, -0.2) is 9.97 Å². The van der Waals surface area contributed by atoms with Crippen molar-refractivity contribution in [2.45, 2.75) is 52.4 Å². The molecule has 0 spiro atoms. The smallest absolute Gasteiger partial charge is 0.145 e. The molecule has 318 valence electrons. The summed E-state index contributed by atoms with van der Waals surface area (Å²) >= 11 is 0. The molecule has 66 heavy (non-hydrogen) atoms. The second-order valence-electron chi connectivity index (χ2n) is 19.9. The molecule has 0 bridgehead atoms. The molecule has 0 unspecified atom stereocenters. The number of imidazole rings is 2. The fourth-order valence-corrected chi connectivity index (χ4v) is 10.1. The molecule has 2 aromatic heterocycles. The molecular formula is C62H50N4. The number of hydrogen-bond donors (Lipinski definition) is 0. The maximum Gasteiger partial charge on any atom is 0.145 e. The molecule has 0 aliphatic carbocycles. The van der Waals surface area contributed by atoms with Crippen LogP contribution in [0.3, 0.4) is 0 Å². The number of fused-ring (bicyclic) bond motifs is 12. The first-order chi connectivity index (χ1) is 32.0. The summed E-state index contributed by atoms with van der Waals surface area (Å²) in [6.45, 7) is 13.6. The highest BCUT2D eigenvalue weighted by molar-refractivity contribution is 6.25. The van der Waals surface area contributed by atoms with Gasteiger partial charge in [0, 0.05) is 44.0 Å². The lowest BCUT2D eigenvalue weighted by Gasteiger charge is -2.20. The Morgan fingerprint density at radius 1 is 0.288 bits per heavy atom. The van der Waals surface area contributed by atoms with Crippen LogP contribution in [0.1, 0.15) is 52.7 Å². The van der Waals surface area contributed by atoms with Crippen molar-refractivity contribution in [3.05, 3.63) is 205 Å². The fourth-order valence-electron chi connectivity index (χ4n) is 10.1. The number of benzene rings is 10. The summed E-state index contributed by atoms with van der Waals surface area (Å²) in [5.74, 6) is 1.85. The van der Waals surface area contributed by atoms with Crippen LogP contribution in [-0.4, -0.2) is 19.1 Å². The van der Waals surface area contributed by atoms with Gasteiger partial charge in [-0.3, -0.25) is 9.13 Å². The monoisotopic (exact) mass is 850 g/mol. The topological polar surface area (TPSA) is 35.6 Å². The van der Waals surface area contributed by atoms with Crippen LogP contribution in [0.15, 0.2) is 194 Å². The average molecular weight is 851 g/mol. The largest absolute Gasteiger partial charge is 0.292 e. The van der Waals surface area contributed by atoms with Gasteiger partial charge in [0.2, 0.25) is 0 Å². The van der Waals surface area contributed by atoms with Gasteiger partial charge in [0.1, 0.15) is 11.6 Å². The molecule has 0 N–H and O–H groups in total. The van der Waals surface area contributed by atoms with Crippen molar-refractivity contribution >= 4 is 65.2 Å². The maximum atomic E-state index is 5.52. The van der Waals surface area contributed by atoms with Gasteiger partial charge in [-0.05, 0) is 78.9 Å². The van der Waals surface area contributed by atoms with E-state index in [0.29, 0.717) is 0 Å². The second kappa shape index (κ2) is 14.9. The molecule has 0 aliphatic heterocycles. The molecule has 0 fully saturated rings. The van der Waals surface area contributed by atoms with Crippen LogP contribution in [0.2, 0.25) is 0 Å². The Kier molecular flexibility index (Phi) is 8.95. The van der Waals surface area contributed by atoms with Gasteiger partial charge in [-0.1, -0.05) is 211 Å². The van der Waals surface area contributed by atoms with Crippen molar-refractivity contribution in [1.82, 2.24) is 19.1 Å². The van der Waals surface area contributed by atoms with E-state index in [9.17, 15) is 0 Å². The van der Waals surface area contributed by atoms with Crippen LogP contribution >= 0.6 is 0 Å². The molecule has 0 amide bonds. The maximum absolute atomic E-state index is 5.52. The molecule has 4 nitrogen and oxygen atoms in total. The Balaban J connectivity index is 0.992. The van der Waals surface area contributed by atoms with Crippen molar-refractivity contribution in [2.24, 2.45) is 0 Å². The van der Waals surface area contributed by atoms with E-state index in [-0.39, 0.29) is 10.8 Å². The van der Waals surface area contributed by atoms with Gasteiger partial charge in [-0.15, -0.1) is 0 Å². The van der Waals surface area contributed by atoms with E-state index in [1.54, 1.807) is 0 Å². The molecule has 0 saturated carbocycles. The third-order valence-electron chi connectivity index (χ3n) is 13.7. The molecule has 12 aromatic rings. The quantitative estimate of drug-likeness (QED) is 0.162. The lowest BCUT2D eigenvalue weighted by Crippen LogP contribution is -2.11. The summed E-state index contributed by atoms with van der Waals surface area (Å²) in [6, 6.07) is 70.8. The van der Waals surface area contributed by atoms with Crippen LogP contribution < -0.4 is 0 Å². The Hall–Kier alpha value is -7.82. The molecule has 12 rings (SSSR count). The average Bonchev–Trinajstić information content (AvgIpc) is 3.95. The molecule has 0 saturated heterocycles. The minimum absolute atomic E-state index is 0.0474. The summed E-state index contributed by atoms with van der Waals surface area (Å²) in [7, 11) is 0. The Morgan fingerprint density at radius 2 is 0.561 bits per heavy atom. The summed E-state index contributed by atoms with van der Waals surface area (Å²) in [6.07, 6.45) is 0. The zero-order chi connectivity index (χ0) is 44.9. The van der Waals surface area contributed by atoms with Crippen LogP contribution in [-0.2, 0) is 10.8 Å². The highest BCUT2D eigenvalue weighted by Crippen LogP contribution is 2.42. The van der Waals surface area contributed by atoms with Gasteiger partial charge in [0.05, 0.1) is 22.1 Å². The van der Waals surface area contributed by atoms with Gasteiger partial charge < -0.3 is 0 Å². The van der Waals surface area contributed by atoms with E-state index in [1.165, 1.54) is 43.4 Å². The number of rotatable bonds is 5. The summed E-state index contributed by atoms with van der Waals surface area (Å²) in [5, 5.41) is 9.59. The van der Waals surface area contributed by atoms with Gasteiger partial charge in [0.15, 0.2) is 0 Å². The number of aromatic nitrogens is 4. The zero-order valence-corrected chi connectivity index (χ0v) is 38.3. The highest BCUT2D eigenvalue weighted by atomic mass is 15.1. The summed E-state index contributed by atoms with van der Waals surface area (Å²) in [5.41, 5.74) is 13.6. The van der Waals surface area contributed by atoms with Crippen LogP contribution in [0.4, 0.5) is 0 Å². The van der Waals surface area contributed by atoms with Crippen molar-refractivity contribution in [3.8, 4) is 45.3 Å². The summed E-state index contributed by atoms with van der Waals surface area (Å²) in [4.78, 5) is 11.0. The highest BCUT2D eigenvalue weighted by Gasteiger charge is 2.23. The molecular weight excluding hydrogens is 801 g/mol. The van der Waals surface area contributed by atoms with E-state index < -0.39 is 0 Å². The third-order valence-corrected chi connectivity index (χ3v) is 13.7. The minimum atomic E-state index is 0.0474. The zero-order valence-electron chi connectivity index (χ0n) is 38.3. The normalized spacial score (nSPS) is 12.4. The lowest BCUT2D eigenvalue weighted by molar-refractivity contribution is 0.590. The SMILES string of the molecule is CC(C)(C)c1ccc(-c2nc3c4ccccc4c4ccccc4c3n2-c2ccc(-c3ccc(-c4nc5c6ccccc6c6ccccc6c5n4-c4ccc(C(C)(C)C)cc4)cc3)cc2)cc1. The first kappa shape index (κ1) is 39.7. The molecule has 2 heterocycles. The lowest BCUT2D eigenvalue weighted by atomic mass is 9.86. The van der Waals surface area contributed by atoms with Crippen LogP contribution in [0.5, 0.6) is 0 Å². The van der Waals surface area contributed by atoms with E-state index in [0.717, 1.165) is 78.1 Å². The third kappa shape index (κ3) is 6.35. The van der Waals surface area contributed by atoms with E-state index in [2.05, 4.69) is 245 Å². The molecule has 10 aromatic carbocycles. The molecule has 0 aliphatic rings. The second-order valence-corrected chi connectivity index (χ2v) is 19.9. The van der Waals surface area contributed by atoms with Crippen LogP contribution in [0.25, 0.3) is 110 Å². The standard InChI is InChI=1S/C62H50N4/c1-61(2,3)43-31-27-42(28-32-43)60-64-55-51-19-11-7-15-47(51)49-17-9-13-21-53(49)57(55)65(60)45-35-29-40(30-36-45)39-23-25-41(26-24-39)59-63-56-52-20-12-8-16-48(52)50-18-10-14-22-54(50)58(56)66(59)46-37-33-44(34-38-46)62(4,5)6/h7-38H,1-6H3. The molecule has 4 heteroatoms. The Labute approximate surface area is 385 Å². The van der Waals surface area contributed by atoms with Gasteiger partial charge >= 0.3 is 0 Å². The predicted octanol–water partition coefficient (Wildman–Crippen LogP) is 16.6. The Morgan fingerprint density at radius 3 is 0.939 bits per heavy atom. The summed E-state index contributed by atoms with van der Waals surface area (Å²) < 4.78 is 4.74. The predicted molar refractivity (Wildman–Crippen MR) is 279 cm³/mol. The minimum Gasteiger partial charge on any atom is -0.292 e. The Bertz CT molecular complexity index is 3840. The fraction of sp³-hybridized carbons (Fsp3) is 0.129. The van der Waals surface area contributed by atoms with E-state index >= 15 is 0 Å². The van der Waals surface area contributed by atoms with Gasteiger partial charge in [-0.2, -0.15) is 0 Å².